The number of nitrogens with one attached hydrogen (secondary N) is 1. The van der Waals surface area contributed by atoms with Gasteiger partial charge in [-0.25, -0.2) is 0 Å². The Hall–Kier alpha value is -2.56. The van der Waals surface area contributed by atoms with Crippen LogP contribution in [-0.2, 0) is 11.2 Å². The van der Waals surface area contributed by atoms with Gasteiger partial charge in [-0.15, -0.1) is 0 Å². The van der Waals surface area contributed by atoms with Crippen LogP contribution < -0.4 is 10.2 Å². The second kappa shape index (κ2) is 7.00. The van der Waals surface area contributed by atoms with Gasteiger partial charge in [0.05, 0.1) is 11.4 Å². The molecule has 0 bridgehead atoms. The van der Waals surface area contributed by atoms with Crippen molar-refractivity contribution >= 4 is 40.0 Å². The van der Waals surface area contributed by atoms with Crippen molar-refractivity contribution in [1.29, 1.82) is 0 Å². The largest absolute Gasteiger partial charge is 0.358 e. The highest BCUT2D eigenvalue weighted by molar-refractivity contribution is 6.32. The Balaban J connectivity index is 1.24. The summed E-state index contributed by atoms with van der Waals surface area (Å²) in [6, 6.07) is 19.8. The molecule has 1 fully saturated rings. The van der Waals surface area contributed by atoms with E-state index in [9.17, 15) is 4.79 Å². The molecule has 0 radical (unpaired) electrons. The Bertz CT molecular complexity index is 1140. The molecule has 0 aromatic heterocycles. The van der Waals surface area contributed by atoms with Gasteiger partial charge in [0.25, 0.3) is 0 Å². The van der Waals surface area contributed by atoms with Gasteiger partial charge >= 0.3 is 0 Å². The molecule has 3 aromatic carbocycles. The second-order valence-electron chi connectivity index (χ2n) is 8.61. The van der Waals surface area contributed by atoms with E-state index in [1.54, 1.807) is 0 Å². The maximum atomic E-state index is 11.7. The molecule has 4 nitrogen and oxygen atoms in total. The van der Waals surface area contributed by atoms with Crippen LogP contribution in [0.4, 0.5) is 11.4 Å². The Morgan fingerprint density at radius 1 is 1.00 bits per heavy atom. The number of likely N-dealkylation sites (tertiary alicyclic amines) is 1. The van der Waals surface area contributed by atoms with E-state index in [0.29, 0.717) is 12.1 Å². The smallest absolute Gasteiger partial charge is 0.162 e. The number of carbonyl (C=O) groups excluding carboxylic acids is 1. The fourth-order valence-electron chi connectivity index (χ4n) is 5.76. The number of benzene rings is 3. The third-order valence-corrected chi connectivity index (χ3v) is 7.49. The van der Waals surface area contributed by atoms with Gasteiger partial charge in [0.15, 0.2) is 12.5 Å². The molecule has 0 saturated carbocycles. The molecule has 5 heteroatoms. The Labute approximate surface area is 181 Å². The number of para-hydroxylation sites is 2. The molecule has 2 heterocycles. The van der Waals surface area contributed by atoms with Crippen molar-refractivity contribution in [1.82, 2.24) is 4.90 Å². The SMILES string of the molecule is O=CC1Nc2ccccc2N1C1CCN(C2Cc3c(Cl)ccc4cccc2c34)CC1. The van der Waals surface area contributed by atoms with E-state index < -0.39 is 0 Å². The Morgan fingerprint density at radius 3 is 2.67 bits per heavy atom. The van der Waals surface area contributed by atoms with Crippen LogP contribution in [0, 0.1) is 0 Å². The third-order valence-electron chi connectivity index (χ3n) is 7.13. The maximum Gasteiger partial charge on any atom is 0.162 e. The number of nitrogens with zero attached hydrogens (tertiary/aromatic N) is 2. The van der Waals surface area contributed by atoms with Crippen molar-refractivity contribution in [3.8, 4) is 0 Å². The summed E-state index contributed by atoms with van der Waals surface area (Å²) in [5.41, 5.74) is 4.93. The molecule has 0 spiro atoms. The molecule has 6 rings (SSSR count). The van der Waals surface area contributed by atoms with E-state index in [0.717, 1.165) is 55.0 Å². The fraction of sp³-hybridized carbons (Fsp3) is 0.320. The van der Waals surface area contributed by atoms with Gasteiger partial charge in [-0.1, -0.05) is 48.0 Å². The molecule has 1 saturated heterocycles. The van der Waals surface area contributed by atoms with Crippen LogP contribution in [0.25, 0.3) is 10.8 Å². The van der Waals surface area contributed by atoms with Crippen LogP contribution >= 0.6 is 11.6 Å². The van der Waals surface area contributed by atoms with Gasteiger partial charge in [0.2, 0.25) is 0 Å². The Morgan fingerprint density at radius 2 is 1.83 bits per heavy atom. The van der Waals surface area contributed by atoms with Gasteiger partial charge in [-0.05, 0) is 59.4 Å². The van der Waals surface area contributed by atoms with Gasteiger partial charge in [0, 0.05) is 30.2 Å². The lowest BCUT2D eigenvalue weighted by molar-refractivity contribution is -0.108. The zero-order valence-electron chi connectivity index (χ0n) is 16.7. The van der Waals surface area contributed by atoms with Crippen molar-refractivity contribution in [2.45, 2.75) is 37.5 Å². The molecular formula is C25H24ClN3O. The van der Waals surface area contributed by atoms with Crippen molar-refractivity contribution in [2.75, 3.05) is 23.3 Å². The van der Waals surface area contributed by atoms with Crippen LogP contribution in [0.2, 0.25) is 5.02 Å². The van der Waals surface area contributed by atoms with Crippen LogP contribution in [0.3, 0.4) is 0 Å². The van der Waals surface area contributed by atoms with Crippen LogP contribution in [0.1, 0.15) is 30.0 Å². The standard InChI is InChI=1S/C25H24ClN3O/c26-20-9-8-16-4-3-5-18-23(14-19(20)25(16)18)28-12-10-17(11-13-28)29-22-7-2-1-6-21(22)27-24(29)15-30/h1-9,15,17,23-24,27H,10-14H2. The number of hydrogen-bond acceptors (Lipinski definition) is 4. The highest BCUT2D eigenvalue weighted by atomic mass is 35.5. The number of fused-ring (bicyclic) bond motifs is 1. The summed E-state index contributed by atoms with van der Waals surface area (Å²) in [6.45, 7) is 2.06. The third kappa shape index (κ3) is 2.67. The topological polar surface area (TPSA) is 35.6 Å². The molecule has 0 amide bonds. The minimum atomic E-state index is -0.262. The van der Waals surface area contributed by atoms with E-state index in [-0.39, 0.29) is 6.17 Å². The van der Waals surface area contributed by atoms with Gasteiger partial charge in [-0.2, -0.15) is 0 Å². The van der Waals surface area contributed by atoms with Crippen molar-refractivity contribution < 1.29 is 4.79 Å². The molecule has 1 N–H and O–H groups in total. The summed E-state index contributed by atoms with van der Waals surface area (Å²) in [5.74, 6) is 0. The zero-order valence-corrected chi connectivity index (χ0v) is 17.5. The number of anilines is 2. The number of rotatable bonds is 3. The normalized spacial score (nSPS) is 23.6. The lowest BCUT2D eigenvalue weighted by Gasteiger charge is -2.41. The van der Waals surface area contributed by atoms with Crippen LogP contribution in [0.5, 0.6) is 0 Å². The molecule has 3 aromatic rings. The second-order valence-corrected chi connectivity index (χ2v) is 9.02. The molecule has 2 aliphatic heterocycles. The molecule has 152 valence electrons. The maximum absolute atomic E-state index is 11.7. The zero-order chi connectivity index (χ0) is 20.2. The minimum Gasteiger partial charge on any atom is -0.358 e. The van der Waals surface area contributed by atoms with Gasteiger partial charge in [0.1, 0.15) is 0 Å². The summed E-state index contributed by atoms with van der Waals surface area (Å²) in [5, 5.41) is 6.90. The first-order valence-corrected chi connectivity index (χ1v) is 11.2. The quantitative estimate of drug-likeness (QED) is 0.607. The summed E-state index contributed by atoms with van der Waals surface area (Å²) < 4.78 is 0. The monoisotopic (exact) mass is 417 g/mol. The first-order valence-electron chi connectivity index (χ1n) is 10.8. The number of carbonyl (C=O) groups is 1. The molecule has 3 aliphatic rings. The summed E-state index contributed by atoms with van der Waals surface area (Å²) in [6.07, 6.45) is 3.86. The van der Waals surface area contributed by atoms with Crippen LogP contribution in [-0.4, -0.2) is 36.5 Å². The number of hydrogen-bond donors (Lipinski definition) is 1. The lowest BCUT2D eigenvalue weighted by atomic mass is 9.98. The van der Waals surface area contributed by atoms with E-state index in [1.165, 1.54) is 21.9 Å². The van der Waals surface area contributed by atoms with Gasteiger partial charge in [-0.3, -0.25) is 9.69 Å². The first-order chi connectivity index (χ1) is 14.7. The molecular weight excluding hydrogens is 394 g/mol. The number of aldehydes is 1. The van der Waals surface area contributed by atoms with Crippen molar-refractivity contribution in [3.05, 3.63) is 70.7 Å². The van der Waals surface area contributed by atoms with E-state index in [1.807, 2.05) is 12.1 Å². The van der Waals surface area contributed by atoms with E-state index in [2.05, 4.69) is 57.6 Å². The Kier molecular flexibility index (Phi) is 4.25. The van der Waals surface area contributed by atoms with Gasteiger partial charge < -0.3 is 10.2 Å². The van der Waals surface area contributed by atoms with E-state index in [4.69, 9.17) is 11.6 Å². The molecule has 2 unspecified atom stereocenters. The molecule has 1 aliphatic carbocycles. The summed E-state index contributed by atoms with van der Waals surface area (Å²) in [4.78, 5) is 16.6. The predicted octanol–water partition coefficient (Wildman–Crippen LogP) is 5.01. The van der Waals surface area contributed by atoms with Crippen molar-refractivity contribution in [2.24, 2.45) is 0 Å². The predicted molar refractivity (Wildman–Crippen MR) is 122 cm³/mol. The van der Waals surface area contributed by atoms with Crippen LogP contribution in [0.15, 0.2) is 54.6 Å². The van der Waals surface area contributed by atoms with Crippen molar-refractivity contribution in [3.63, 3.8) is 0 Å². The average molecular weight is 418 g/mol. The summed E-state index contributed by atoms with van der Waals surface area (Å²) in [7, 11) is 0. The minimum absolute atomic E-state index is 0.262. The highest BCUT2D eigenvalue weighted by Gasteiger charge is 2.38. The molecule has 2 atom stereocenters. The lowest BCUT2D eigenvalue weighted by Crippen LogP contribution is -2.50. The highest BCUT2D eigenvalue weighted by Crippen LogP contribution is 2.44. The summed E-state index contributed by atoms with van der Waals surface area (Å²) >= 11 is 6.56. The first kappa shape index (κ1) is 18.2. The fourth-order valence-corrected chi connectivity index (χ4v) is 6.00. The number of piperidine rings is 1. The van der Waals surface area contributed by atoms with E-state index >= 15 is 0 Å². The average Bonchev–Trinajstić information content (AvgIpc) is 3.36. The number of halogens is 1. The molecule has 30 heavy (non-hydrogen) atoms.